The van der Waals surface area contributed by atoms with Crippen molar-refractivity contribution in [3.8, 4) is 11.5 Å². The Morgan fingerprint density at radius 1 is 1.26 bits per heavy atom. The fourth-order valence-electron chi connectivity index (χ4n) is 3.12. The summed E-state index contributed by atoms with van der Waals surface area (Å²) >= 11 is 0. The average molecular weight is 320 g/mol. The van der Waals surface area contributed by atoms with Crippen LogP contribution >= 0.6 is 0 Å². The normalized spacial score (nSPS) is 22.8. The fourth-order valence-corrected chi connectivity index (χ4v) is 3.12. The zero-order valence-corrected chi connectivity index (χ0v) is 13.4. The van der Waals surface area contributed by atoms with Gasteiger partial charge < -0.3 is 19.1 Å². The number of hydrogen-bond acceptors (Lipinski definition) is 5. The van der Waals surface area contributed by atoms with E-state index in [4.69, 9.17) is 14.2 Å². The van der Waals surface area contributed by atoms with Crippen molar-refractivity contribution in [2.75, 3.05) is 27.3 Å². The number of rotatable bonds is 4. The Kier molecular flexibility index (Phi) is 4.02. The predicted octanol–water partition coefficient (Wildman–Crippen LogP) is 1.26. The second-order valence-electron chi connectivity index (χ2n) is 5.73. The van der Waals surface area contributed by atoms with Crippen LogP contribution < -0.4 is 9.47 Å². The van der Waals surface area contributed by atoms with Gasteiger partial charge in [-0.3, -0.25) is 9.69 Å². The molecule has 0 aromatic heterocycles. The van der Waals surface area contributed by atoms with E-state index >= 15 is 0 Å². The highest BCUT2D eigenvalue weighted by Gasteiger charge is 2.48. The van der Waals surface area contributed by atoms with E-state index in [9.17, 15) is 9.59 Å². The Hall–Kier alpha value is -2.44. The molecular weight excluding hydrogens is 300 g/mol. The number of likely N-dealkylation sites (tertiary alicyclic amines) is 1. The number of amides is 2. The first-order valence-corrected chi connectivity index (χ1v) is 7.47. The summed E-state index contributed by atoms with van der Waals surface area (Å²) in [5.74, 6) is 1.26. The van der Waals surface area contributed by atoms with Crippen molar-refractivity contribution >= 4 is 12.0 Å². The fraction of sp³-hybridized carbons (Fsp3) is 0.500. The molecule has 124 valence electrons. The van der Waals surface area contributed by atoms with E-state index in [-0.39, 0.29) is 24.1 Å². The minimum absolute atomic E-state index is 0.00140. The van der Waals surface area contributed by atoms with Gasteiger partial charge in [0.15, 0.2) is 11.5 Å². The summed E-state index contributed by atoms with van der Waals surface area (Å²) < 4.78 is 15.9. The number of methoxy groups -OCH3 is 2. The molecule has 0 bridgehead atoms. The third-order valence-electron chi connectivity index (χ3n) is 4.37. The van der Waals surface area contributed by atoms with Crippen molar-refractivity contribution in [3.63, 3.8) is 0 Å². The number of ether oxygens (including phenoxy) is 3. The highest BCUT2D eigenvalue weighted by molar-refractivity contribution is 5.76. The van der Waals surface area contributed by atoms with Crippen LogP contribution in [-0.2, 0) is 16.1 Å². The number of carbonyl (C=O) groups excluding carboxylic acids is 2. The molecule has 2 aliphatic heterocycles. The Bertz CT molecular complexity index is 633. The van der Waals surface area contributed by atoms with Gasteiger partial charge in [-0.2, -0.15) is 0 Å². The summed E-state index contributed by atoms with van der Waals surface area (Å²) in [5.41, 5.74) is 0.918. The van der Waals surface area contributed by atoms with Gasteiger partial charge in [-0.15, -0.1) is 0 Å². The molecule has 0 spiro atoms. The highest BCUT2D eigenvalue weighted by atomic mass is 16.6. The molecule has 0 N–H and O–H groups in total. The number of nitrogens with zero attached hydrogens (tertiary/aromatic N) is 2. The molecule has 0 saturated carbocycles. The molecule has 0 unspecified atom stereocenters. The zero-order valence-electron chi connectivity index (χ0n) is 13.4. The summed E-state index contributed by atoms with van der Waals surface area (Å²) in [7, 11) is 3.15. The van der Waals surface area contributed by atoms with Gasteiger partial charge in [0.05, 0.1) is 26.8 Å². The van der Waals surface area contributed by atoms with E-state index < -0.39 is 0 Å². The second-order valence-corrected chi connectivity index (χ2v) is 5.73. The van der Waals surface area contributed by atoms with Gasteiger partial charge in [-0.05, 0) is 17.7 Å². The third kappa shape index (κ3) is 2.78. The van der Waals surface area contributed by atoms with Crippen LogP contribution in [0.4, 0.5) is 4.79 Å². The maximum absolute atomic E-state index is 12.1. The topological polar surface area (TPSA) is 68.3 Å². The van der Waals surface area contributed by atoms with E-state index in [1.165, 1.54) is 6.92 Å². The maximum atomic E-state index is 12.1. The lowest BCUT2D eigenvalue weighted by Gasteiger charge is -2.22. The molecular formula is C16H20N2O5. The monoisotopic (exact) mass is 320 g/mol. The summed E-state index contributed by atoms with van der Waals surface area (Å²) in [6.07, 6.45) is -0.579. The molecule has 2 atom stereocenters. The zero-order chi connectivity index (χ0) is 16.6. The molecule has 0 aliphatic carbocycles. The van der Waals surface area contributed by atoms with Gasteiger partial charge in [0.2, 0.25) is 5.91 Å². The standard InChI is InChI=1S/C16H20N2O5/c1-10(19)17-8-12-15(9-17)23-16(20)18(12)7-11-4-5-13(21-2)14(6-11)22-3/h4-6,12,15H,7-9H2,1-3H3/t12-,15+/m0/s1. The first kappa shape index (κ1) is 15.5. The Labute approximate surface area is 134 Å². The van der Waals surface area contributed by atoms with E-state index in [1.54, 1.807) is 24.0 Å². The molecule has 2 aliphatic rings. The van der Waals surface area contributed by atoms with Crippen molar-refractivity contribution in [3.05, 3.63) is 23.8 Å². The van der Waals surface area contributed by atoms with Gasteiger partial charge in [-0.1, -0.05) is 6.07 Å². The molecule has 23 heavy (non-hydrogen) atoms. The van der Waals surface area contributed by atoms with E-state index in [0.29, 0.717) is 31.1 Å². The molecule has 1 aromatic carbocycles. The van der Waals surface area contributed by atoms with Gasteiger partial charge in [0.1, 0.15) is 6.10 Å². The summed E-state index contributed by atoms with van der Waals surface area (Å²) in [6, 6.07) is 5.44. The largest absolute Gasteiger partial charge is 0.493 e. The number of carbonyl (C=O) groups is 2. The van der Waals surface area contributed by atoms with E-state index in [0.717, 1.165) is 5.56 Å². The van der Waals surface area contributed by atoms with E-state index in [2.05, 4.69) is 0 Å². The molecule has 2 saturated heterocycles. The van der Waals surface area contributed by atoms with Crippen molar-refractivity contribution in [2.24, 2.45) is 0 Å². The van der Waals surface area contributed by atoms with Crippen molar-refractivity contribution < 1.29 is 23.8 Å². The Morgan fingerprint density at radius 2 is 2.00 bits per heavy atom. The van der Waals surface area contributed by atoms with Gasteiger partial charge in [-0.25, -0.2) is 4.79 Å². The van der Waals surface area contributed by atoms with Crippen LogP contribution in [0.15, 0.2) is 18.2 Å². The smallest absolute Gasteiger partial charge is 0.410 e. The van der Waals surface area contributed by atoms with Gasteiger partial charge >= 0.3 is 6.09 Å². The Balaban J connectivity index is 1.77. The quantitative estimate of drug-likeness (QED) is 0.835. The van der Waals surface area contributed by atoms with Crippen LogP contribution in [0.25, 0.3) is 0 Å². The lowest BCUT2D eigenvalue weighted by atomic mass is 10.1. The van der Waals surface area contributed by atoms with E-state index in [1.807, 2.05) is 18.2 Å². The van der Waals surface area contributed by atoms with Crippen molar-refractivity contribution in [1.29, 1.82) is 0 Å². The molecule has 1 aromatic rings. The minimum atomic E-state index is -0.335. The van der Waals surface area contributed by atoms with Crippen LogP contribution in [0.3, 0.4) is 0 Å². The summed E-state index contributed by atoms with van der Waals surface area (Å²) in [6.45, 7) is 2.92. The first-order chi connectivity index (χ1) is 11.0. The van der Waals surface area contributed by atoms with Crippen molar-refractivity contribution in [1.82, 2.24) is 9.80 Å². The van der Waals surface area contributed by atoms with Crippen LogP contribution in [0.5, 0.6) is 11.5 Å². The Morgan fingerprint density at radius 3 is 2.65 bits per heavy atom. The maximum Gasteiger partial charge on any atom is 0.410 e. The summed E-state index contributed by atoms with van der Waals surface area (Å²) in [4.78, 5) is 27.0. The van der Waals surface area contributed by atoms with Gasteiger partial charge in [0, 0.05) is 20.0 Å². The average Bonchev–Trinajstić information content (AvgIpc) is 3.06. The predicted molar refractivity (Wildman–Crippen MR) is 81.4 cm³/mol. The number of benzene rings is 1. The van der Waals surface area contributed by atoms with Crippen LogP contribution in [-0.4, -0.2) is 61.3 Å². The minimum Gasteiger partial charge on any atom is -0.493 e. The van der Waals surface area contributed by atoms with Crippen molar-refractivity contribution in [2.45, 2.75) is 25.6 Å². The molecule has 0 radical (unpaired) electrons. The lowest BCUT2D eigenvalue weighted by molar-refractivity contribution is -0.128. The highest BCUT2D eigenvalue weighted by Crippen LogP contribution is 2.31. The second kappa shape index (κ2) is 5.98. The lowest BCUT2D eigenvalue weighted by Crippen LogP contribution is -2.38. The molecule has 7 nitrogen and oxygen atoms in total. The SMILES string of the molecule is COc1ccc(CN2C(=O)O[C@@H]3CN(C(C)=O)C[C@@H]32)cc1OC. The molecule has 2 amide bonds. The van der Waals surface area contributed by atoms with Gasteiger partial charge in [0.25, 0.3) is 0 Å². The van der Waals surface area contributed by atoms with Crippen LogP contribution in [0.1, 0.15) is 12.5 Å². The molecule has 7 heteroatoms. The van der Waals surface area contributed by atoms with Crippen LogP contribution in [0, 0.1) is 0 Å². The number of hydrogen-bond donors (Lipinski definition) is 0. The number of fused-ring (bicyclic) bond motifs is 1. The molecule has 2 fully saturated rings. The molecule has 3 rings (SSSR count). The molecule has 2 heterocycles. The van der Waals surface area contributed by atoms with Crippen LogP contribution in [0.2, 0.25) is 0 Å². The third-order valence-corrected chi connectivity index (χ3v) is 4.37. The summed E-state index contributed by atoms with van der Waals surface area (Å²) in [5, 5.41) is 0. The first-order valence-electron chi connectivity index (χ1n) is 7.47.